The Morgan fingerprint density at radius 2 is 1.86 bits per heavy atom. The van der Waals surface area contributed by atoms with Gasteiger partial charge in [-0.1, -0.05) is 53.5 Å². The number of aromatic nitrogens is 1. The average molecular weight is 434 g/mol. The Morgan fingerprint density at radius 3 is 2.54 bits per heavy atom. The third kappa shape index (κ3) is 5.41. The van der Waals surface area contributed by atoms with Crippen LogP contribution in [0.2, 0.25) is 10.0 Å². The highest BCUT2D eigenvalue weighted by Crippen LogP contribution is 2.32. The van der Waals surface area contributed by atoms with Crippen molar-refractivity contribution in [1.82, 2.24) is 4.98 Å². The lowest BCUT2D eigenvalue weighted by Gasteiger charge is -2.11. The molecule has 1 heterocycles. The Balaban J connectivity index is 1.65. The summed E-state index contributed by atoms with van der Waals surface area (Å²) in [5.41, 5.74) is 2.26. The Morgan fingerprint density at radius 1 is 1.11 bits per heavy atom. The first-order chi connectivity index (χ1) is 13.4. The van der Waals surface area contributed by atoms with E-state index >= 15 is 0 Å². The maximum absolute atomic E-state index is 12.4. The van der Waals surface area contributed by atoms with Crippen LogP contribution in [0, 0.1) is 5.92 Å². The van der Waals surface area contributed by atoms with Crippen molar-refractivity contribution >= 4 is 46.3 Å². The van der Waals surface area contributed by atoms with E-state index in [1.54, 1.807) is 23.6 Å². The number of aliphatic carboxylic acids is 1. The molecule has 0 saturated carbocycles. The van der Waals surface area contributed by atoms with Crippen molar-refractivity contribution in [2.45, 2.75) is 19.3 Å². The van der Waals surface area contributed by atoms with Gasteiger partial charge in [0.15, 0.2) is 0 Å². The number of rotatable bonds is 8. The molecule has 0 aliphatic rings. The van der Waals surface area contributed by atoms with Gasteiger partial charge in [0.1, 0.15) is 10.8 Å². The Hall–Kier alpha value is -2.21. The highest BCUT2D eigenvalue weighted by atomic mass is 35.5. The van der Waals surface area contributed by atoms with E-state index in [4.69, 9.17) is 23.2 Å². The molecule has 0 aliphatic heterocycles. The molecule has 4 nitrogen and oxygen atoms in total. The molecule has 0 unspecified atom stereocenters. The normalized spacial score (nSPS) is 11.9. The van der Waals surface area contributed by atoms with Crippen LogP contribution in [0.4, 0.5) is 0 Å². The van der Waals surface area contributed by atoms with Gasteiger partial charge < -0.3 is 5.11 Å². The molecule has 1 atom stereocenters. The maximum atomic E-state index is 12.4. The second-order valence-corrected chi connectivity index (χ2v) is 8.11. The van der Waals surface area contributed by atoms with Gasteiger partial charge in [0, 0.05) is 28.8 Å². The van der Waals surface area contributed by atoms with Crippen LogP contribution in [0.15, 0.2) is 53.9 Å². The molecule has 0 aliphatic carbocycles. The maximum Gasteiger partial charge on any atom is 0.307 e. The van der Waals surface area contributed by atoms with Gasteiger partial charge in [-0.2, -0.15) is 0 Å². The SMILES string of the molecule is O=C(Cc1csc(-c2ccc(Cl)cc2Cl)n1)C[C@H](Cc1ccccc1)C(=O)O. The summed E-state index contributed by atoms with van der Waals surface area (Å²) >= 11 is 13.5. The second-order valence-electron chi connectivity index (χ2n) is 6.41. The molecule has 1 N–H and O–H groups in total. The minimum absolute atomic E-state index is 0.0290. The molecule has 0 spiro atoms. The van der Waals surface area contributed by atoms with Crippen LogP contribution < -0.4 is 0 Å². The van der Waals surface area contributed by atoms with Crippen LogP contribution >= 0.6 is 34.5 Å². The molecule has 3 aromatic rings. The molecular weight excluding hydrogens is 417 g/mol. The van der Waals surface area contributed by atoms with E-state index < -0.39 is 11.9 Å². The lowest BCUT2D eigenvalue weighted by molar-refractivity contribution is -0.143. The minimum Gasteiger partial charge on any atom is -0.481 e. The monoisotopic (exact) mass is 433 g/mol. The third-order valence-corrected chi connectivity index (χ3v) is 5.71. The van der Waals surface area contributed by atoms with Crippen molar-refractivity contribution in [1.29, 1.82) is 0 Å². The molecule has 7 heteroatoms. The molecule has 2 aromatic carbocycles. The lowest BCUT2D eigenvalue weighted by atomic mass is 9.93. The van der Waals surface area contributed by atoms with E-state index in [0.29, 0.717) is 27.2 Å². The quantitative estimate of drug-likeness (QED) is 0.504. The number of hydrogen-bond acceptors (Lipinski definition) is 4. The first-order valence-corrected chi connectivity index (χ1v) is 10.2. The summed E-state index contributed by atoms with van der Waals surface area (Å²) in [5, 5.41) is 13.0. The van der Waals surface area contributed by atoms with Crippen LogP contribution in [0.5, 0.6) is 0 Å². The number of halogens is 2. The fraction of sp³-hybridized carbons (Fsp3) is 0.190. The number of Topliss-reactive ketones (excluding diaryl/α,β-unsaturated/α-hetero) is 1. The topological polar surface area (TPSA) is 67.3 Å². The van der Waals surface area contributed by atoms with Crippen LogP contribution in [0.1, 0.15) is 17.7 Å². The van der Waals surface area contributed by atoms with Crippen LogP contribution in [0.25, 0.3) is 10.6 Å². The minimum atomic E-state index is -0.968. The van der Waals surface area contributed by atoms with Crippen LogP contribution in [-0.4, -0.2) is 21.8 Å². The number of carbonyl (C=O) groups is 2. The first-order valence-electron chi connectivity index (χ1n) is 8.60. The van der Waals surface area contributed by atoms with Gasteiger partial charge in [-0.15, -0.1) is 11.3 Å². The van der Waals surface area contributed by atoms with E-state index in [0.717, 1.165) is 11.1 Å². The smallest absolute Gasteiger partial charge is 0.307 e. The van der Waals surface area contributed by atoms with Gasteiger partial charge in [-0.3, -0.25) is 9.59 Å². The summed E-state index contributed by atoms with van der Waals surface area (Å²) < 4.78 is 0. The second kappa shape index (κ2) is 9.32. The van der Waals surface area contributed by atoms with Crippen molar-refractivity contribution in [3.05, 3.63) is 75.2 Å². The molecule has 0 bridgehead atoms. The summed E-state index contributed by atoms with van der Waals surface area (Å²) in [7, 11) is 0. The van der Waals surface area contributed by atoms with Gasteiger partial charge in [0.25, 0.3) is 0 Å². The van der Waals surface area contributed by atoms with E-state index in [1.807, 2.05) is 30.3 Å². The number of carboxylic acid groups (broad SMARTS) is 1. The predicted octanol–water partition coefficient (Wildman–Crippen LogP) is 5.56. The molecule has 0 amide bonds. The molecule has 0 fully saturated rings. The number of ketones is 1. The number of thiazole rings is 1. The predicted molar refractivity (Wildman–Crippen MR) is 112 cm³/mol. The lowest BCUT2D eigenvalue weighted by Crippen LogP contribution is -2.21. The number of nitrogens with zero attached hydrogens (tertiary/aromatic N) is 1. The van der Waals surface area contributed by atoms with E-state index in [-0.39, 0.29) is 18.6 Å². The molecule has 0 saturated heterocycles. The zero-order chi connectivity index (χ0) is 20.1. The Kier molecular flexibility index (Phi) is 6.83. The average Bonchev–Trinajstić information content (AvgIpc) is 3.10. The van der Waals surface area contributed by atoms with Crippen molar-refractivity contribution in [2.75, 3.05) is 0 Å². The highest BCUT2D eigenvalue weighted by molar-refractivity contribution is 7.13. The summed E-state index contributed by atoms with van der Waals surface area (Å²) in [5.74, 6) is -1.87. The van der Waals surface area contributed by atoms with Gasteiger partial charge >= 0.3 is 5.97 Å². The largest absolute Gasteiger partial charge is 0.481 e. The summed E-state index contributed by atoms with van der Waals surface area (Å²) in [6, 6.07) is 14.5. The summed E-state index contributed by atoms with van der Waals surface area (Å²) in [6.45, 7) is 0. The number of benzene rings is 2. The Labute approximate surface area is 176 Å². The zero-order valence-corrected chi connectivity index (χ0v) is 17.1. The van der Waals surface area contributed by atoms with Crippen molar-refractivity contribution in [2.24, 2.45) is 5.92 Å². The molecule has 1 aromatic heterocycles. The highest BCUT2D eigenvalue weighted by Gasteiger charge is 2.22. The first kappa shape index (κ1) is 20.5. The number of carbonyl (C=O) groups excluding carboxylic acids is 1. The Bertz CT molecular complexity index is 988. The molecular formula is C21H17Cl2NO3S. The van der Waals surface area contributed by atoms with Crippen molar-refractivity contribution in [3.63, 3.8) is 0 Å². The molecule has 144 valence electrons. The zero-order valence-electron chi connectivity index (χ0n) is 14.8. The molecule has 3 rings (SSSR count). The fourth-order valence-electron chi connectivity index (χ4n) is 2.87. The molecule has 0 radical (unpaired) electrons. The van der Waals surface area contributed by atoms with E-state index in [1.165, 1.54) is 11.3 Å². The number of carboxylic acids is 1. The van der Waals surface area contributed by atoms with Crippen molar-refractivity contribution < 1.29 is 14.7 Å². The van der Waals surface area contributed by atoms with Gasteiger partial charge in [0.05, 0.1) is 16.6 Å². The van der Waals surface area contributed by atoms with Crippen LogP contribution in [0.3, 0.4) is 0 Å². The third-order valence-electron chi connectivity index (χ3n) is 4.24. The van der Waals surface area contributed by atoms with Gasteiger partial charge in [-0.05, 0) is 30.2 Å². The summed E-state index contributed by atoms with van der Waals surface area (Å²) in [6.07, 6.45) is 0.393. The van der Waals surface area contributed by atoms with Crippen molar-refractivity contribution in [3.8, 4) is 10.6 Å². The van der Waals surface area contributed by atoms with E-state index in [9.17, 15) is 14.7 Å². The molecule has 28 heavy (non-hydrogen) atoms. The number of hydrogen-bond donors (Lipinski definition) is 1. The van der Waals surface area contributed by atoms with Gasteiger partial charge in [-0.25, -0.2) is 4.98 Å². The standard InChI is InChI=1S/C21H17Cl2NO3S/c22-15-6-7-18(19(23)10-15)20-24-16(12-28-20)11-17(25)9-14(21(26)27)8-13-4-2-1-3-5-13/h1-7,10,12,14H,8-9,11H2,(H,26,27)/t14-/m0/s1. The van der Waals surface area contributed by atoms with E-state index in [2.05, 4.69) is 4.98 Å². The summed E-state index contributed by atoms with van der Waals surface area (Å²) in [4.78, 5) is 28.5. The fourth-order valence-corrected chi connectivity index (χ4v) is 4.28. The van der Waals surface area contributed by atoms with Crippen LogP contribution in [-0.2, 0) is 22.4 Å². The van der Waals surface area contributed by atoms with Gasteiger partial charge in [0.2, 0.25) is 0 Å².